The van der Waals surface area contributed by atoms with Crippen molar-refractivity contribution in [2.45, 2.75) is 36.6 Å². The van der Waals surface area contributed by atoms with Crippen molar-refractivity contribution in [3.63, 3.8) is 0 Å². The average molecular weight is 382 g/mol. The fourth-order valence-electron chi connectivity index (χ4n) is 5.03. The second-order valence-electron chi connectivity index (χ2n) is 8.21. The third-order valence-electron chi connectivity index (χ3n) is 6.63. The molecule has 2 aromatic carbocycles. The van der Waals surface area contributed by atoms with Gasteiger partial charge < -0.3 is 4.98 Å². The molecule has 0 amide bonds. The van der Waals surface area contributed by atoms with Gasteiger partial charge in [-0.15, -0.1) is 0 Å². The SMILES string of the molecule is C[N+]12CCCC1Cc1c2[nH]c2ccc(CCS(=O)(=O)c3ccccc3)cc12. The second kappa shape index (κ2) is 5.94. The molecule has 0 radical (unpaired) electrons. The summed E-state index contributed by atoms with van der Waals surface area (Å²) in [6.07, 6.45) is 4.29. The highest BCUT2D eigenvalue weighted by atomic mass is 32.2. The van der Waals surface area contributed by atoms with Crippen LogP contribution in [0.2, 0.25) is 0 Å². The van der Waals surface area contributed by atoms with E-state index < -0.39 is 9.84 Å². The molecule has 2 aliphatic rings. The minimum atomic E-state index is -3.24. The molecule has 27 heavy (non-hydrogen) atoms. The van der Waals surface area contributed by atoms with Gasteiger partial charge in [-0.25, -0.2) is 8.42 Å². The zero-order valence-corrected chi connectivity index (χ0v) is 16.4. The molecule has 1 N–H and O–H groups in total. The van der Waals surface area contributed by atoms with Crippen LogP contribution in [0.5, 0.6) is 0 Å². The summed E-state index contributed by atoms with van der Waals surface area (Å²) >= 11 is 0. The number of sulfone groups is 1. The van der Waals surface area contributed by atoms with Crippen molar-refractivity contribution in [3.8, 4) is 0 Å². The summed E-state index contributed by atoms with van der Waals surface area (Å²) in [7, 11) is -0.890. The van der Waals surface area contributed by atoms with E-state index in [1.54, 1.807) is 24.3 Å². The third-order valence-corrected chi connectivity index (χ3v) is 8.36. The highest BCUT2D eigenvalue weighted by Gasteiger charge is 2.48. The smallest absolute Gasteiger partial charge is 0.209 e. The number of hydrogen-bond acceptors (Lipinski definition) is 2. The standard InChI is InChI=1S/C22H25N2O2S/c1-24-12-5-6-17(24)15-20-19-14-16(9-10-21(19)23-22(20)24)11-13-27(25,26)18-7-3-2-4-8-18/h2-4,7-10,14,17,23H,5-6,11-13,15H2,1H3/q+1. The van der Waals surface area contributed by atoms with Crippen molar-refractivity contribution in [1.82, 2.24) is 9.47 Å². The number of benzene rings is 2. The van der Waals surface area contributed by atoms with Crippen molar-refractivity contribution >= 4 is 26.6 Å². The van der Waals surface area contributed by atoms with Crippen LogP contribution < -0.4 is 4.48 Å². The zero-order chi connectivity index (χ0) is 18.6. The Balaban J connectivity index is 1.44. The summed E-state index contributed by atoms with van der Waals surface area (Å²) < 4.78 is 26.2. The van der Waals surface area contributed by atoms with Crippen LogP contribution >= 0.6 is 0 Å². The van der Waals surface area contributed by atoms with Gasteiger partial charge in [0.15, 0.2) is 9.84 Å². The van der Waals surface area contributed by atoms with Gasteiger partial charge in [0.05, 0.1) is 35.8 Å². The van der Waals surface area contributed by atoms with E-state index in [1.807, 2.05) is 6.07 Å². The molecule has 1 fully saturated rings. The number of nitrogens with zero attached hydrogens (tertiary/aromatic N) is 1. The summed E-state index contributed by atoms with van der Waals surface area (Å²) in [6, 6.07) is 15.8. The van der Waals surface area contributed by atoms with Crippen LogP contribution in [0, 0.1) is 0 Å². The lowest BCUT2D eigenvalue weighted by Gasteiger charge is -2.28. The Morgan fingerprint density at radius 3 is 2.78 bits per heavy atom. The fourth-order valence-corrected chi connectivity index (χ4v) is 6.35. The summed E-state index contributed by atoms with van der Waals surface area (Å²) in [4.78, 5) is 4.08. The summed E-state index contributed by atoms with van der Waals surface area (Å²) in [5.74, 6) is 1.52. The minimum absolute atomic E-state index is 0.144. The van der Waals surface area contributed by atoms with Gasteiger partial charge in [-0.2, -0.15) is 0 Å². The van der Waals surface area contributed by atoms with Crippen molar-refractivity contribution < 1.29 is 8.42 Å². The molecule has 5 rings (SSSR count). The minimum Gasteiger partial charge on any atom is -0.310 e. The van der Waals surface area contributed by atoms with Gasteiger partial charge in [-0.05, 0) is 36.2 Å². The molecule has 1 saturated heterocycles. The number of quaternary nitrogens is 1. The van der Waals surface area contributed by atoms with Crippen LogP contribution in [0.3, 0.4) is 0 Å². The highest BCUT2D eigenvalue weighted by Crippen LogP contribution is 2.46. The number of H-pyrrole nitrogens is 1. The van der Waals surface area contributed by atoms with Crippen LogP contribution in [0.25, 0.3) is 10.9 Å². The number of nitrogens with one attached hydrogen (secondary N) is 1. The number of likely N-dealkylation sites (N-methyl/N-ethyl adjacent to an activating group) is 1. The summed E-state index contributed by atoms with van der Waals surface area (Å²) in [6.45, 7) is 1.21. The average Bonchev–Trinajstić information content (AvgIpc) is 3.29. The van der Waals surface area contributed by atoms with Crippen molar-refractivity contribution in [3.05, 3.63) is 59.7 Å². The Bertz CT molecular complexity index is 1120. The second-order valence-corrected chi connectivity index (χ2v) is 10.3. The molecule has 0 spiro atoms. The van der Waals surface area contributed by atoms with E-state index in [-0.39, 0.29) is 5.75 Å². The normalized spacial score (nSPS) is 24.3. The van der Waals surface area contributed by atoms with Gasteiger partial charge in [0.2, 0.25) is 5.82 Å². The number of aromatic amines is 1. The van der Waals surface area contributed by atoms with Crippen LogP contribution in [0.1, 0.15) is 24.0 Å². The molecule has 3 heterocycles. The van der Waals surface area contributed by atoms with E-state index in [0.29, 0.717) is 17.4 Å². The Morgan fingerprint density at radius 1 is 1.15 bits per heavy atom. The molecule has 3 aromatic rings. The van der Waals surface area contributed by atoms with Crippen LogP contribution in [-0.4, -0.2) is 38.8 Å². The number of rotatable bonds is 4. The van der Waals surface area contributed by atoms with Crippen molar-refractivity contribution in [2.24, 2.45) is 0 Å². The number of fused-ring (bicyclic) bond motifs is 5. The molecule has 2 aliphatic heterocycles. The first kappa shape index (κ1) is 17.0. The predicted octanol–water partition coefficient (Wildman–Crippen LogP) is 3.84. The van der Waals surface area contributed by atoms with E-state index >= 15 is 0 Å². The molecule has 2 atom stereocenters. The van der Waals surface area contributed by atoms with Crippen LogP contribution in [0.15, 0.2) is 53.4 Å². The van der Waals surface area contributed by atoms with E-state index in [2.05, 4.69) is 30.2 Å². The maximum Gasteiger partial charge on any atom is 0.209 e. The zero-order valence-electron chi connectivity index (χ0n) is 15.6. The lowest BCUT2D eigenvalue weighted by atomic mass is 10.0. The van der Waals surface area contributed by atoms with Gasteiger partial charge in [0.25, 0.3) is 0 Å². The Kier molecular flexibility index (Phi) is 3.75. The van der Waals surface area contributed by atoms with Gasteiger partial charge in [0, 0.05) is 30.2 Å². The fraction of sp³-hybridized carbons (Fsp3) is 0.364. The molecule has 0 aliphatic carbocycles. The van der Waals surface area contributed by atoms with E-state index in [1.165, 1.54) is 41.7 Å². The van der Waals surface area contributed by atoms with E-state index in [4.69, 9.17) is 0 Å². The van der Waals surface area contributed by atoms with Crippen molar-refractivity contribution in [1.29, 1.82) is 0 Å². The van der Waals surface area contributed by atoms with Crippen LogP contribution in [0.4, 0.5) is 5.82 Å². The molecule has 5 heteroatoms. The Morgan fingerprint density at radius 2 is 1.96 bits per heavy atom. The molecule has 140 valence electrons. The van der Waals surface area contributed by atoms with Gasteiger partial charge >= 0.3 is 0 Å². The topological polar surface area (TPSA) is 49.9 Å². The number of aryl methyl sites for hydroxylation is 1. The first-order chi connectivity index (χ1) is 13.0. The maximum absolute atomic E-state index is 12.6. The van der Waals surface area contributed by atoms with Crippen LogP contribution in [-0.2, 0) is 22.7 Å². The number of aromatic nitrogens is 1. The monoisotopic (exact) mass is 381 g/mol. The highest BCUT2D eigenvalue weighted by molar-refractivity contribution is 7.91. The molecule has 1 aromatic heterocycles. The first-order valence-corrected chi connectivity index (χ1v) is 11.4. The van der Waals surface area contributed by atoms with E-state index in [9.17, 15) is 8.42 Å². The van der Waals surface area contributed by atoms with Crippen molar-refractivity contribution in [2.75, 3.05) is 19.3 Å². The molecule has 0 bridgehead atoms. The molecule has 2 unspecified atom stereocenters. The lowest BCUT2D eigenvalue weighted by molar-refractivity contribution is 0.327. The summed E-state index contributed by atoms with van der Waals surface area (Å²) in [5.41, 5.74) is 3.72. The largest absolute Gasteiger partial charge is 0.310 e. The maximum atomic E-state index is 12.6. The quantitative estimate of drug-likeness (QED) is 0.698. The first-order valence-electron chi connectivity index (χ1n) is 9.74. The Hall–Kier alpha value is -2.11. The van der Waals surface area contributed by atoms with E-state index in [0.717, 1.165) is 16.5 Å². The number of hydrogen-bond donors (Lipinski definition) is 1. The van der Waals surface area contributed by atoms with Gasteiger partial charge in [-0.1, -0.05) is 24.3 Å². The van der Waals surface area contributed by atoms with Gasteiger partial charge in [0.1, 0.15) is 0 Å². The predicted molar refractivity (Wildman–Crippen MR) is 110 cm³/mol. The Labute approximate surface area is 160 Å². The molecular weight excluding hydrogens is 356 g/mol. The molecule has 0 saturated carbocycles. The lowest BCUT2D eigenvalue weighted by Crippen LogP contribution is -2.46. The molecule has 4 nitrogen and oxygen atoms in total. The summed E-state index contributed by atoms with van der Waals surface area (Å²) in [5, 5.41) is 1.29. The third kappa shape index (κ3) is 2.64. The molecular formula is C22H25N2O2S+. The van der Waals surface area contributed by atoms with Gasteiger partial charge in [-0.3, -0.25) is 4.48 Å².